The van der Waals surface area contributed by atoms with Crippen LogP contribution in [0.4, 0.5) is 0 Å². The maximum atomic E-state index is 7.72. The van der Waals surface area contributed by atoms with Gasteiger partial charge in [-0.1, -0.05) is 0 Å². The summed E-state index contributed by atoms with van der Waals surface area (Å²) in [6.45, 7) is 17.9. The summed E-state index contributed by atoms with van der Waals surface area (Å²) >= 11 is -5.89. The van der Waals surface area contributed by atoms with Crippen LogP contribution in [0.3, 0.4) is 0 Å². The molecule has 0 atom stereocenters. The van der Waals surface area contributed by atoms with E-state index in [4.69, 9.17) is 11.3 Å². The van der Waals surface area contributed by atoms with E-state index in [-0.39, 0.29) is 0 Å². The topological polar surface area (TPSA) is 36.9 Å². The third-order valence-corrected chi connectivity index (χ3v) is 19.6. The molecule has 0 N–H and O–H groups in total. The Bertz CT molecular complexity index is 2420. The van der Waals surface area contributed by atoms with Gasteiger partial charge in [-0.25, -0.2) is 0 Å². The first kappa shape index (κ1) is 45.4. The second-order valence-corrected chi connectivity index (χ2v) is 25.1. The van der Waals surface area contributed by atoms with Gasteiger partial charge >= 0.3 is 396 Å². The Labute approximate surface area is 393 Å². The van der Waals surface area contributed by atoms with Crippen LogP contribution >= 0.6 is 0 Å². The molecule has 0 aromatic heterocycles. The van der Waals surface area contributed by atoms with E-state index in [1.54, 1.807) is 0 Å². The molecule has 65 heavy (non-hydrogen) atoms. The van der Waals surface area contributed by atoms with Crippen LogP contribution in [0.5, 0.6) is 23.0 Å². The van der Waals surface area contributed by atoms with Gasteiger partial charge in [-0.05, 0) is 0 Å². The molecule has 5 heteroatoms. The number of hydrogen-bond donors (Lipinski definition) is 0. The molecule has 8 aromatic carbocycles. The number of hydrogen-bond acceptors (Lipinski definition) is 4. The second-order valence-electron chi connectivity index (χ2n) is 18.8. The summed E-state index contributed by atoms with van der Waals surface area (Å²) in [5, 5.41) is 0. The van der Waals surface area contributed by atoms with Crippen molar-refractivity contribution in [1.82, 2.24) is 0 Å². The van der Waals surface area contributed by atoms with E-state index < -0.39 is 43.7 Å². The summed E-state index contributed by atoms with van der Waals surface area (Å²) in [5.41, 5.74) is 6.68. The molecule has 0 fully saturated rings. The number of benzene rings is 8. The molecule has 0 amide bonds. The van der Waals surface area contributed by atoms with Crippen molar-refractivity contribution >= 4 is 22.0 Å². The van der Waals surface area contributed by atoms with Crippen molar-refractivity contribution in [2.75, 3.05) is 0 Å². The molecular formula is C60H60BiO4. The van der Waals surface area contributed by atoms with E-state index in [9.17, 15) is 0 Å². The fourth-order valence-electron chi connectivity index (χ4n) is 8.89. The standard InChI is InChI=1S/4C15H16O.Bi/c4*1-15(2,12-8-4-3-5-9-12)13-10-6-7-11-14(13)16;/h4*3-11,16H,1-2H3;/q;;;;+4/p-4. The van der Waals surface area contributed by atoms with E-state index in [1.165, 1.54) is 0 Å². The van der Waals surface area contributed by atoms with Crippen molar-refractivity contribution < 1.29 is 11.3 Å². The molecule has 0 bridgehead atoms. The molecule has 8 rings (SSSR count). The van der Waals surface area contributed by atoms with Crippen molar-refractivity contribution in [3.63, 3.8) is 0 Å². The van der Waals surface area contributed by atoms with Gasteiger partial charge in [0.2, 0.25) is 0 Å². The Morgan fingerprint density at radius 3 is 0.600 bits per heavy atom. The van der Waals surface area contributed by atoms with Crippen LogP contribution < -0.4 is 11.3 Å². The minimum absolute atomic E-state index is 0.468. The maximum absolute atomic E-state index is 7.72. The molecule has 0 heterocycles. The summed E-state index contributed by atoms with van der Waals surface area (Å²) in [6.07, 6.45) is 0. The van der Waals surface area contributed by atoms with E-state index in [0.29, 0.717) is 23.0 Å². The van der Waals surface area contributed by atoms with Crippen molar-refractivity contribution in [1.29, 1.82) is 0 Å². The zero-order valence-corrected chi connectivity index (χ0v) is 42.3. The van der Waals surface area contributed by atoms with Gasteiger partial charge in [0.05, 0.1) is 0 Å². The molecule has 8 aromatic rings. The van der Waals surface area contributed by atoms with Crippen LogP contribution in [0.1, 0.15) is 99.9 Å². The number of para-hydroxylation sites is 4. The molecule has 0 spiro atoms. The third kappa shape index (κ3) is 9.49. The van der Waals surface area contributed by atoms with Crippen LogP contribution in [0.15, 0.2) is 218 Å². The monoisotopic (exact) mass is 1050 g/mol. The van der Waals surface area contributed by atoms with Gasteiger partial charge in [-0.3, -0.25) is 0 Å². The average Bonchev–Trinajstić information content (AvgIpc) is 3.33. The molecule has 4 nitrogen and oxygen atoms in total. The fourth-order valence-corrected chi connectivity index (χ4v) is 16.0. The average molecular weight is 1050 g/mol. The van der Waals surface area contributed by atoms with E-state index in [0.717, 1.165) is 44.5 Å². The molecular weight excluding hydrogens is 994 g/mol. The van der Waals surface area contributed by atoms with Gasteiger partial charge in [0.25, 0.3) is 0 Å². The van der Waals surface area contributed by atoms with Crippen LogP contribution in [0.2, 0.25) is 0 Å². The van der Waals surface area contributed by atoms with Crippen molar-refractivity contribution in [2.24, 2.45) is 0 Å². The fraction of sp³-hybridized carbons (Fsp3) is 0.200. The summed E-state index contributed by atoms with van der Waals surface area (Å²) in [7, 11) is 0. The zero-order valence-electron chi connectivity index (χ0n) is 38.9. The van der Waals surface area contributed by atoms with Gasteiger partial charge in [-0.15, -0.1) is 0 Å². The predicted octanol–water partition coefficient (Wildman–Crippen LogP) is 15.0. The van der Waals surface area contributed by atoms with E-state index in [2.05, 4.69) is 225 Å². The van der Waals surface area contributed by atoms with Crippen LogP contribution in [-0.2, 0) is 21.7 Å². The van der Waals surface area contributed by atoms with Gasteiger partial charge in [0, 0.05) is 0 Å². The van der Waals surface area contributed by atoms with Gasteiger partial charge < -0.3 is 0 Å². The van der Waals surface area contributed by atoms with Crippen molar-refractivity contribution in [3.8, 4) is 23.0 Å². The van der Waals surface area contributed by atoms with Crippen LogP contribution in [-0.4, -0.2) is 22.0 Å². The quantitative estimate of drug-likeness (QED) is 0.0904. The van der Waals surface area contributed by atoms with Gasteiger partial charge in [-0.2, -0.15) is 0 Å². The van der Waals surface area contributed by atoms with Crippen LogP contribution in [0.25, 0.3) is 0 Å². The van der Waals surface area contributed by atoms with Gasteiger partial charge in [0.15, 0.2) is 0 Å². The first-order valence-corrected chi connectivity index (χ1v) is 28.2. The zero-order chi connectivity index (χ0) is 45.7. The molecule has 0 aliphatic heterocycles. The van der Waals surface area contributed by atoms with Crippen molar-refractivity contribution in [2.45, 2.75) is 77.0 Å². The molecule has 0 unspecified atom stereocenters. The Morgan fingerprint density at radius 2 is 0.400 bits per heavy atom. The third-order valence-electron chi connectivity index (χ3n) is 13.1. The molecule has 0 aliphatic rings. The molecule has 0 saturated carbocycles. The normalized spacial score (nSPS) is 12.3. The summed E-state index contributed by atoms with van der Waals surface area (Å²) in [4.78, 5) is 0. The summed E-state index contributed by atoms with van der Waals surface area (Å²) < 4.78 is 30.9. The van der Waals surface area contributed by atoms with E-state index >= 15 is 0 Å². The second kappa shape index (κ2) is 18.7. The summed E-state index contributed by atoms with van der Waals surface area (Å²) in [5.74, 6) is 2.55. The Hall–Kier alpha value is -6.16. The first-order chi connectivity index (χ1) is 31.2. The SMILES string of the molecule is CC(C)(c1ccccc1)c1ccccc1[O][Bi]([O]c1ccccc1C(C)(C)c1ccccc1)([O]c1ccccc1C(C)(C)c1ccccc1)[O]c1ccccc1C(C)(C)c1ccccc1. The van der Waals surface area contributed by atoms with E-state index in [1.807, 2.05) is 48.5 Å². The molecule has 0 aliphatic carbocycles. The summed E-state index contributed by atoms with van der Waals surface area (Å²) in [6, 6.07) is 75.3. The number of rotatable bonds is 16. The first-order valence-electron chi connectivity index (χ1n) is 22.5. The van der Waals surface area contributed by atoms with Crippen LogP contribution in [0, 0.1) is 0 Å². The Balaban J connectivity index is 1.39. The molecule has 1 radical (unpaired) electrons. The molecule has 0 saturated heterocycles. The van der Waals surface area contributed by atoms with Crippen molar-refractivity contribution in [3.05, 3.63) is 263 Å². The Morgan fingerprint density at radius 1 is 0.231 bits per heavy atom. The predicted molar refractivity (Wildman–Crippen MR) is 268 cm³/mol. The van der Waals surface area contributed by atoms with Gasteiger partial charge in [0.1, 0.15) is 0 Å². The minimum atomic E-state index is -5.89. The molecule has 329 valence electrons. The Kier molecular flexibility index (Phi) is 13.1.